The summed E-state index contributed by atoms with van der Waals surface area (Å²) in [5.41, 5.74) is 0. The van der Waals surface area contributed by atoms with Gasteiger partial charge < -0.3 is 0 Å². The Hall–Kier alpha value is -1.04. The van der Waals surface area contributed by atoms with Gasteiger partial charge in [-0.05, 0) is 44.6 Å². The molecule has 0 spiro atoms. The van der Waals surface area contributed by atoms with Crippen molar-refractivity contribution in [3.63, 3.8) is 0 Å². The molecule has 14 heavy (non-hydrogen) atoms. The second-order valence-corrected chi connectivity index (χ2v) is 3.47. The van der Waals surface area contributed by atoms with E-state index in [1.54, 1.807) is 0 Å². The molecule has 0 aliphatic heterocycles. The maximum atomic E-state index is 3.22. The van der Waals surface area contributed by atoms with Crippen molar-refractivity contribution < 1.29 is 0 Å². The zero-order chi connectivity index (χ0) is 9.90. The molecule has 1 aliphatic carbocycles. The molecule has 0 heterocycles. The summed E-state index contributed by atoms with van der Waals surface area (Å²) in [6.07, 6.45) is 25.5. The quantitative estimate of drug-likeness (QED) is 0.494. The van der Waals surface area contributed by atoms with E-state index in [1.807, 2.05) is 6.08 Å². The van der Waals surface area contributed by atoms with Crippen molar-refractivity contribution in [3.8, 4) is 0 Å². The number of hydrogen-bond donors (Lipinski definition) is 0. The van der Waals surface area contributed by atoms with Crippen molar-refractivity contribution in [3.05, 3.63) is 48.6 Å². The van der Waals surface area contributed by atoms with E-state index in [1.165, 1.54) is 25.7 Å². The molecule has 0 unspecified atom stereocenters. The van der Waals surface area contributed by atoms with Gasteiger partial charge in [-0.1, -0.05) is 42.5 Å². The second kappa shape index (κ2) is 8.55. The van der Waals surface area contributed by atoms with Crippen molar-refractivity contribution in [2.24, 2.45) is 0 Å². The van der Waals surface area contributed by atoms with Crippen LogP contribution in [0.5, 0.6) is 0 Å². The lowest BCUT2D eigenvalue weighted by atomic mass is 10.1. The molecular formula is C14H19. The summed E-state index contributed by atoms with van der Waals surface area (Å²) < 4.78 is 0. The predicted octanol–water partition coefficient (Wildman–Crippen LogP) is 4.37. The normalized spacial score (nSPS) is 28.6. The largest absolute Gasteiger partial charge is 0.0882 e. The fourth-order valence-electron chi connectivity index (χ4n) is 1.37. The summed E-state index contributed by atoms with van der Waals surface area (Å²) in [4.78, 5) is 0. The topological polar surface area (TPSA) is 0 Å². The van der Waals surface area contributed by atoms with E-state index in [9.17, 15) is 0 Å². The summed E-state index contributed by atoms with van der Waals surface area (Å²) in [7, 11) is 0. The van der Waals surface area contributed by atoms with Gasteiger partial charge in [-0.2, -0.15) is 0 Å². The molecule has 0 nitrogen and oxygen atoms in total. The highest BCUT2D eigenvalue weighted by Crippen LogP contribution is 2.03. The molecule has 0 saturated carbocycles. The summed E-state index contributed by atoms with van der Waals surface area (Å²) >= 11 is 0. The van der Waals surface area contributed by atoms with Crippen LogP contribution in [0.25, 0.3) is 0 Å². The Labute approximate surface area is 87.7 Å². The van der Waals surface area contributed by atoms with Gasteiger partial charge in [-0.15, -0.1) is 0 Å². The molecule has 0 saturated heterocycles. The molecule has 75 valence electrons. The Kier molecular flexibility index (Phi) is 6.74. The lowest BCUT2D eigenvalue weighted by Gasteiger charge is -1.93. The van der Waals surface area contributed by atoms with Gasteiger partial charge in [0.15, 0.2) is 0 Å². The molecule has 0 aromatic rings. The van der Waals surface area contributed by atoms with E-state index in [2.05, 4.69) is 42.5 Å². The van der Waals surface area contributed by atoms with Crippen molar-refractivity contribution in [1.82, 2.24) is 0 Å². The monoisotopic (exact) mass is 187 g/mol. The average molecular weight is 187 g/mol. The summed E-state index contributed by atoms with van der Waals surface area (Å²) in [6.45, 7) is 0. The number of hydrogen-bond acceptors (Lipinski definition) is 0. The average Bonchev–Trinajstić information content (AvgIpc) is 2.22. The zero-order valence-electron chi connectivity index (χ0n) is 8.78. The van der Waals surface area contributed by atoms with E-state index in [0.717, 1.165) is 12.8 Å². The molecule has 0 aromatic carbocycles. The van der Waals surface area contributed by atoms with Crippen LogP contribution in [0.1, 0.15) is 38.5 Å². The maximum absolute atomic E-state index is 3.22. The first kappa shape index (κ1) is 11.0. The van der Waals surface area contributed by atoms with Crippen molar-refractivity contribution >= 4 is 0 Å². The second-order valence-electron chi connectivity index (χ2n) is 3.47. The third-order valence-electron chi connectivity index (χ3n) is 2.18. The summed E-state index contributed by atoms with van der Waals surface area (Å²) in [6, 6.07) is 0. The van der Waals surface area contributed by atoms with Gasteiger partial charge in [-0.3, -0.25) is 0 Å². The fourth-order valence-corrected chi connectivity index (χ4v) is 1.37. The van der Waals surface area contributed by atoms with E-state index in [4.69, 9.17) is 0 Å². The van der Waals surface area contributed by atoms with Gasteiger partial charge in [-0.25, -0.2) is 0 Å². The molecule has 0 N–H and O–H groups in total. The van der Waals surface area contributed by atoms with Gasteiger partial charge in [0.05, 0.1) is 0 Å². The molecule has 0 atom stereocenters. The first-order valence-corrected chi connectivity index (χ1v) is 5.52. The van der Waals surface area contributed by atoms with E-state index >= 15 is 0 Å². The minimum atomic E-state index is 0.945. The van der Waals surface area contributed by atoms with Crippen LogP contribution in [0.3, 0.4) is 0 Å². The molecular weight excluding hydrogens is 168 g/mol. The van der Waals surface area contributed by atoms with E-state index in [0.29, 0.717) is 0 Å². The highest BCUT2D eigenvalue weighted by Gasteiger charge is 1.83. The highest BCUT2D eigenvalue weighted by atomic mass is 13.9. The Bertz CT molecular complexity index is 202. The SMILES string of the molecule is [C]1=C/C=C\C/C=C/CCCC/C=C/C/1. The van der Waals surface area contributed by atoms with Crippen molar-refractivity contribution in [2.75, 3.05) is 0 Å². The lowest BCUT2D eigenvalue weighted by molar-refractivity contribution is 0.760. The number of rotatable bonds is 0. The first-order chi connectivity index (χ1) is 7.00. The van der Waals surface area contributed by atoms with E-state index < -0.39 is 0 Å². The Balaban J connectivity index is 2.35. The third kappa shape index (κ3) is 6.47. The molecule has 1 rings (SSSR count). The molecule has 0 bridgehead atoms. The van der Waals surface area contributed by atoms with Crippen molar-refractivity contribution in [1.29, 1.82) is 0 Å². The standard InChI is InChI=1S/C14H19/c1-2-4-6-8-10-12-14-13-11-9-7-5-3-1/h1-3,6,8-9,11H,4,7,10,12-14H2/b2-1-,5-3?,8-6+,11-9+. The Morgan fingerprint density at radius 3 is 2.43 bits per heavy atom. The third-order valence-corrected chi connectivity index (χ3v) is 2.18. The summed E-state index contributed by atoms with van der Waals surface area (Å²) in [5, 5.41) is 0. The predicted molar refractivity (Wildman–Crippen MR) is 62.9 cm³/mol. The Morgan fingerprint density at radius 1 is 0.786 bits per heavy atom. The molecule has 1 radical (unpaired) electrons. The van der Waals surface area contributed by atoms with Gasteiger partial charge in [0.1, 0.15) is 0 Å². The van der Waals surface area contributed by atoms with E-state index in [-0.39, 0.29) is 0 Å². The minimum absolute atomic E-state index is 0.945. The van der Waals surface area contributed by atoms with Gasteiger partial charge >= 0.3 is 0 Å². The van der Waals surface area contributed by atoms with Gasteiger partial charge in [0.2, 0.25) is 0 Å². The molecule has 0 aromatic heterocycles. The molecule has 0 fully saturated rings. The van der Waals surface area contributed by atoms with Gasteiger partial charge in [0, 0.05) is 0 Å². The van der Waals surface area contributed by atoms with Crippen LogP contribution in [0.15, 0.2) is 42.5 Å². The minimum Gasteiger partial charge on any atom is -0.0882 e. The first-order valence-electron chi connectivity index (χ1n) is 5.52. The number of allylic oxidation sites excluding steroid dienone is 8. The molecule has 1 aliphatic rings. The van der Waals surface area contributed by atoms with Gasteiger partial charge in [0.25, 0.3) is 0 Å². The van der Waals surface area contributed by atoms with Crippen LogP contribution in [0, 0.1) is 6.08 Å². The zero-order valence-corrected chi connectivity index (χ0v) is 8.78. The smallest absolute Gasteiger partial charge is 0.00946 e. The van der Waals surface area contributed by atoms with Crippen LogP contribution in [-0.4, -0.2) is 0 Å². The van der Waals surface area contributed by atoms with Crippen LogP contribution >= 0.6 is 0 Å². The van der Waals surface area contributed by atoms with Crippen molar-refractivity contribution in [2.45, 2.75) is 38.5 Å². The fraction of sp³-hybridized carbons (Fsp3) is 0.429. The molecule has 0 amide bonds. The summed E-state index contributed by atoms with van der Waals surface area (Å²) in [5.74, 6) is 0. The lowest BCUT2D eigenvalue weighted by Crippen LogP contribution is -1.73. The van der Waals surface area contributed by atoms with Crippen LogP contribution < -0.4 is 0 Å². The Morgan fingerprint density at radius 2 is 1.57 bits per heavy atom. The maximum Gasteiger partial charge on any atom is -0.00946 e. The molecule has 0 heteroatoms. The van der Waals surface area contributed by atoms with Crippen LogP contribution in [0.2, 0.25) is 0 Å². The van der Waals surface area contributed by atoms with Crippen LogP contribution in [-0.2, 0) is 0 Å². The highest BCUT2D eigenvalue weighted by molar-refractivity contribution is 5.03. The van der Waals surface area contributed by atoms with Crippen LogP contribution in [0.4, 0.5) is 0 Å².